The molecule has 7 heteroatoms. The van der Waals surface area contributed by atoms with Crippen LogP contribution in [-0.4, -0.2) is 26.4 Å². The topological polar surface area (TPSA) is 96.0 Å². The molecule has 1 atom stereocenters. The molecule has 1 N–H and O–H groups in total. The molecule has 2 aromatic rings. The second-order valence-corrected chi connectivity index (χ2v) is 5.46. The lowest BCUT2D eigenvalue weighted by Crippen LogP contribution is -2.27. The summed E-state index contributed by atoms with van der Waals surface area (Å²) in [6.45, 7) is 0. The molecule has 0 radical (unpaired) electrons. The lowest BCUT2D eigenvalue weighted by molar-refractivity contribution is -0.141. The van der Waals surface area contributed by atoms with E-state index in [2.05, 4.69) is 4.98 Å². The van der Waals surface area contributed by atoms with E-state index < -0.39 is 11.9 Å². The maximum atomic E-state index is 12.3. The fourth-order valence-electron chi connectivity index (χ4n) is 2.57. The van der Waals surface area contributed by atoms with Gasteiger partial charge in [0.25, 0.3) is 0 Å². The largest absolute Gasteiger partial charge is 0.481 e. The van der Waals surface area contributed by atoms with Gasteiger partial charge >= 0.3 is 5.97 Å². The van der Waals surface area contributed by atoms with Gasteiger partial charge in [0.1, 0.15) is 18.1 Å². The number of hydrogen-bond donors (Lipinski definition) is 1. The number of benzene rings is 1. The van der Waals surface area contributed by atoms with Crippen LogP contribution in [0.25, 0.3) is 5.69 Å². The molecule has 22 heavy (non-hydrogen) atoms. The monoisotopic (exact) mass is 315 g/mol. The van der Waals surface area contributed by atoms with Gasteiger partial charge in [-0.15, -0.1) is 0 Å². The Labute approximate surface area is 130 Å². The van der Waals surface area contributed by atoms with Crippen LogP contribution in [0, 0.1) is 17.2 Å². The molecule has 110 valence electrons. The van der Waals surface area contributed by atoms with Gasteiger partial charge in [0, 0.05) is 18.5 Å². The van der Waals surface area contributed by atoms with Crippen LogP contribution >= 0.6 is 11.6 Å². The van der Waals surface area contributed by atoms with Crippen molar-refractivity contribution < 1.29 is 14.7 Å². The van der Waals surface area contributed by atoms with E-state index in [1.54, 1.807) is 22.8 Å². The van der Waals surface area contributed by atoms with Gasteiger partial charge in [-0.25, -0.2) is 4.98 Å². The minimum Gasteiger partial charge on any atom is -0.481 e. The summed E-state index contributed by atoms with van der Waals surface area (Å²) in [6.07, 6.45) is 1.66. The van der Waals surface area contributed by atoms with E-state index in [-0.39, 0.29) is 23.6 Å². The van der Waals surface area contributed by atoms with Crippen molar-refractivity contribution >= 4 is 23.4 Å². The van der Waals surface area contributed by atoms with Crippen LogP contribution in [0.2, 0.25) is 5.02 Å². The third kappa shape index (κ3) is 2.26. The van der Waals surface area contributed by atoms with Crippen molar-refractivity contribution in [1.29, 1.82) is 5.26 Å². The molecule has 1 aliphatic rings. The number of carbonyl (C=O) groups is 2. The Hall–Kier alpha value is -2.65. The van der Waals surface area contributed by atoms with Crippen LogP contribution < -0.4 is 0 Å². The highest BCUT2D eigenvalue weighted by Crippen LogP contribution is 2.28. The Morgan fingerprint density at radius 2 is 2.23 bits per heavy atom. The van der Waals surface area contributed by atoms with E-state index in [4.69, 9.17) is 22.0 Å². The lowest BCUT2D eigenvalue weighted by atomic mass is 9.89. The molecule has 1 aromatic carbocycles. The van der Waals surface area contributed by atoms with Gasteiger partial charge in [-0.05, 0) is 18.2 Å². The number of nitrogens with zero attached hydrogens (tertiary/aromatic N) is 3. The molecule has 1 aliphatic carbocycles. The van der Waals surface area contributed by atoms with E-state index in [9.17, 15) is 9.59 Å². The Morgan fingerprint density at radius 3 is 2.86 bits per heavy atom. The minimum atomic E-state index is -0.991. The van der Waals surface area contributed by atoms with Crippen LogP contribution in [0.3, 0.4) is 0 Å². The number of carbonyl (C=O) groups excluding carboxylic acids is 1. The second-order valence-electron chi connectivity index (χ2n) is 5.05. The molecule has 3 rings (SSSR count). The third-order valence-electron chi connectivity index (χ3n) is 3.68. The second kappa shape index (κ2) is 5.28. The Balaban J connectivity index is 2.06. The Kier molecular flexibility index (Phi) is 3.43. The number of Topliss-reactive ketones (excluding diaryl/α,β-unsaturated/α-hetero) is 1. The van der Waals surface area contributed by atoms with E-state index in [0.717, 1.165) is 0 Å². The average Bonchev–Trinajstić information content (AvgIpc) is 2.91. The highest BCUT2D eigenvalue weighted by Gasteiger charge is 2.33. The number of aliphatic carboxylic acids is 1. The van der Waals surface area contributed by atoms with Crippen molar-refractivity contribution in [2.45, 2.75) is 12.8 Å². The molecule has 0 aliphatic heterocycles. The zero-order valence-corrected chi connectivity index (χ0v) is 12.0. The summed E-state index contributed by atoms with van der Waals surface area (Å²) in [4.78, 5) is 27.5. The number of halogens is 1. The quantitative estimate of drug-likeness (QED) is 0.916. The molecule has 1 aromatic heterocycles. The number of carboxylic acids is 1. The standard InChI is InChI=1S/C15H10ClN3O3/c16-11-5-10(2-1-8(11)6-17)19-7-18-12-3-9(15(21)22)4-13(20)14(12)19/h1-2,5,7,9H,3-4H2,(H,21,22). The number of imidazole rings is 1. The Bertz CT molecular complexity index is 835. The van der Waals surface area contributed by atoms with Gasteiger partial charge < -0.3 is 5.11 Å². The van der Waals surface area contributed by atoms with Gasteiger partial charge in [0.15, 0.2) is 5.78 Å². The van der Waals surface area contributed by atoms with Gasteiger partial charge in [-0.2, -0.15) is 5.26 Å². The molecule has 0 saturated heterocycles. The number of nitriles is 1. The molecule has 0 bridgehead atoms. The fraction of sp³-hybridized carbons (Fsp3) is 0.200. The summed E-state index contributed by atoms with van der Waals surface area (Å²) >= 11 is 6.01. The van der Waals surface area contributed by atoms with Crippen LogP contribution in [0.1, 0.15) is 28.2 Å². The first-order valence-electron chi connectivity index (χ1n) is 6.53. The number of hydrogen-bond acceptors (Lipinski definition) is 4. The molecule has 0 saturated carbocycles. The van der Waals surface area contributed by atoms with Crippen molar-refractivity contribution in [3.8, 4) is 11.8 Å². The zero-order chi connectivity index (χ0) is 15.9. The molecule has 0 spiro atoms. The molecule has 1 unspecified atom stereocenters. The maximum Gasteiger partial charge on any atom is 0.307 e. The van der Waals surface area contributed by atoms with E-state index in [1.807, 2.05) is 6.07 Å². The van der Waals surface area contributed by atoms with Crippen molar-refractivity contribution in [2.24, 2.45) is 5.92 Å². The molecule has 6 nitrogen and oxygen atoms in total. The first kappa shape index (κ1) is 14.3. The van der Waals surface area contributed by atoms with Gasteiger partial charge in [0.2, 0.25) is 0 Å². The summed E-state index contributed by atoms with van der Waals surface area (Å²) in [7, 11) is 0. The summed E-state index contributed by atoms with van der Waals surface area (Å²) in [5.41, 5.74) is 1.82. The smallest absolute Gasteiger partial charge is 0.307 e. The van der Waals surface area contributed by atoms with Gasteiger partial charge in [-0.1, -0.05) is 11.6 Å². The third-order valence-corrected chi connectivity index (χ3v) is 3.99. The van der Waals surface area contributed by atoms with Crippen molar-refractivity contribution in [3.05, 3.63) is 46.5 Å². The fourth-order valence-corrected chi connectivity index (χ4v) is 2.79. The highest BCUT2D eigenvalue weighted by molar-refractivity contribution is 6.31. The number of rotatable bonds is 2. The highest BCUT2D eigenvalue weighted by atomic mass is 35.5. The van der Waals surface area contributed by atoms with E-state index >= 15 is 0 Å². The number of fused-ring (bicyclic) bond motifs is 1. The number of aromatic nitrogens is 2. The molecular weight excluding hydrogens is 306 g/mol. The van der Waals surface area contributed by atoms with Crippen LogP contribution in [-0.2, 0) is 11.2 Å². The first-order chi connectivity index (χ1) is 10.5. The average molecular weight is 316 g/mol. The molecular formula is C15H10ClN3O3. The maximum absolute atomic E-state index is 12.3. The normalized spacial score (nSPS) is 16.9. The van der Waals surface area contributed by atoms with Crippen LogP contribution in [0.5, 0.6) is 0 Å². The summed E-state index contributed by atoms with van der Waals surface area (Å²) in [6, 6.07) is 6.79. The van der Waals surface area contributed by atoms with Crippen molar-refractivity contribution in [2.75, 3.05) is 0 Å². The van der Waals surface area contributed by atoms with Crippen molar-refractivity contribution in [3.63, 3.8) is 0 Å². The first-order valence-corrected chi connectivity index (χ1v) is 6.91. The van der Waals surface area contributed by atoms with Gasteiger partial charge in [-0.3, -0.25) is 14.2 Å². The van der Waals surface area contributed by atoms with Crippen LogP contribution in [0.4, 0.5) is 0 Å². The van der Waals surface area contributed by atoms with E-state index in [0.29, 0.717) is 22.6 Å². The number of carboxylic acid groups (broad SMARTS) is 1. The minimum absolute atomic E-state index is 0.0436. The molecule has 1 heterocycles. The van der Waals surface area contributed by atoms with Crippen LogP contribution in [0.15, 0.2) is 24.5 Å². The predicted molar refractivity (Wildman–Crippen MR) is 77.1 cm³/mol. The number of ketones is 1. The molecule has 0 amide bonds. The summed E-state index contributed by atoms with van der Waals surface area (Å²) < 4.78 is 1.59. The predicted octanol–water partition coefficient (Wildman–Crippen LogP) is 2.23. The van der Waals surface area contributed by atoms with E-state index in [1.165, 1.54) is 6.33 Å². The molecule has 0 fully saturated rings. The SMILES string of the molecule is N#Cc1ccc(-n2cnc3c2C(=O)CC(C(=O)O)C3)cc1Cl. The van der Waals surface area contributed by atoms with Crippen molar-refractivity contribution in [1.82, 2.24) is 9.55 Å². The summed E-state index contributed by atoms with van der Waals surface area (Å²) in [5, 5.41) is 18.2. The zero-order valence-electron chi connectivity index (χ0n) is 11.3. The van der Waals surface area contributed by atoms with Gasteiger partial charge in [0.05, 0.1) is 22.2 Å². The Morgan fingerprint density at radius 1 is 1.45 bits per heavy atom. The lowest BCUT2D eigenvalue weighted by Gasteiger charge is -2.18. The summed E-state index contributed by atoms with van der Waals surface area (Å²) in [5.74, 6) is -1.98.